The van der Waals surface area contributed by atoms with Gasteiger partial charge in [0.2, 0.25) is 0 Å². The van der Waals surface area contributed by atoms with E-state index in [0.29, 0.717) is 40.9 Å². The van der Waals surface area contributed by atoms with Gasteiger partial charge in [0.25, 0.3) is 5.56 Å². The van der Waals surface area contributed by atoms with Crippen molar-refractivity contribution in [2.24, 2.45) is 0 Å². The highest BCUT2D eigenvalue weighted by molar-refractivity contribution is 6.35. The molecular weight excluding hydrogens is 435 g/mol. The summed E-state index contributed by atoms with van der Waals surface area (Å²) >= 11 is 6.55. The summed E-state index contributed by atoms with van der Waals surface area (Å²) in [5, 5.41) is 11.0. The van der Waals surface area contributed by atoms with Crippen molar-refractivity contribution >= 4 is 28.3 Å². The quantitative estimate of drug-likeness (QED) is 0.584. The summed E-state index contributed by atoms with van der Waals surface area (Å²) < 4.78 is 21.1. The van der Waals surface area contributed by atoms with Gasteiger partial charge in [0.15, 0.2) is 5.78 Å². The van der Waals surface area contributed by atoms with E-state index in [0.717, 1.165) is 11.1 Å². The van der Waals surface area contributed by atoms with Crippen molar-refractivity contribution in [1.82, 2.24) is 9.55 Å². The van der Waals surface area contributed by atoms with Gasteiger partial charge in [-0.1, -0.05) is 24.6 Å². The maximum Gasteiger partial charge on any atom is 0.261 e. The minimum absolute atomic E-state index is 0.0756. The Balaban J connectivity index is 1.76. The molecule has 1 N–H and O–H groups in total. The fourth-order valence-electron chi connectivity index (χ4n) is 4.15. The van der Waals surface area contributed by atoms with Crippen LogP contribution in [-0.4, -0.2) is 39.8 Å². The molecule has 2 atom stereocenters. The Bertz CT molecular complexity index is 1260. The monoisotopic (exact) mass is 458 g/mol. The van der Waals surface area contributed by atoms with Crippen LogP contribution in [-0.2, 0) is 11.2 Å². The van der Waals surface area contributed by atoms with Gasteiger partial charge in [-0.3, -0.25) is 14.2 Å². The lowest BCUT2D eigenvalue weighted by atomic mass is 9.96. The van der Waals surface area contributed by atoms with E-state index in [1.807, 2.05) is 6.92 Å². The number of halogens is 2. The van der Waals surface area contributed by atoms with Gasteiger partial charge in [-0.05, 0) is 54.7 Å². The van der Waals surface area contributed by atoms with Gasteiger partial charge in [0.1, 0.15) is 5.82 Å². The van der Waals surface area contributed by atoms with Crippen LogP contribution in [0.2, 0.25) is 5.02 Å². The lowest BCUT2D eigenvalue weighted by molar-refractivity contribution is -0.0395. The van der Waals surface area contributed by atoms with E-state index in [-0.39, 0.29) is 29.9 Å². The molecule has 6 nitrogen and oxygen atoms in total. The third-order valence-electron chi connectivity index (χ3n) is 6.07. The molecular formula is C24H24ClFN2O4. The molecule has 1 aliphatic rings. The number of aliphatic hydroxyl groups excluding tert-OH is 1. The number of ketones is 1. The molecule has 32 heavy (non-hydrogen) atoms. The van der Waals surface area contributed by atoms with Crippen molar-refractivity contribution in [2.75, 3.05) is 13.2 Å². The molecule has 8 heteroatoms. The molecule has 0 spiro atoms. The van der Waals surface area contributed by atoms with Gasteiger partial charge in [-0.15, -0.1) is 0 Å². The van der Waals surface area contributed by atoms with Crippen LogP contribution in [0.25, 0.3) is 10.9 Å². The van der Waals surface area contributed by atoms with Crippen molar-refractivity contribution in [2.45, 2.75) is 45.3 Å². The molecule has 4 rings (SSSR count). The molecule has 1 fully saturated rings. The number of aliphatic hydroxyl groups is 1. The fraction of sp³-hybridized carbons (Fsp3) is 0.375. The zero-order valence-corrected chi connectivity index (χ0v) is 18.7. The zero-order chi connectivity index (χ0) is 23.0. The van der Waals surface area contributed by atoms with Crippen molar-refractivity contribution < 1.29 is 19.0 Å². The molecule has 168 valence electrons. The van der Waals surface area contributed by atoms with Crippen LogP contribution in [0.4, 0.5) is 4.39 Å². The number of nitrogens with zero attached hydrogens (tertiary/aromatic N) is 2. The van der Waals surface area contributed by atoms with E-state index in [1.165, 1.54) is 23.0 Å². The largest absolute Gasteiger partial charge is 0.389 e. The predicted octanol–water partition coefficient (Wildman–Crippen LogP) is 4.00. The summed E-state index contributed by atoms with van der Waals surface area (Å²) in [6.07, 6.45) is 1.70. The Morgan fingerprint density at radius 3 is 2.84 bits per heavy atom. The Morgan fingerprint density at radius 1 is 1.38 bits per heavy atom. The molecule has 0 aliphatic carbocycles. The SMILES string of the molecule is CCC(=O)c1ccc(Cc2cc3c(=O)n([C@H]4CCOC[C@@H]4O)cnc3c(Cl)c2C)cc1F. The summed E-state index contributed by atoms with van der Waals surface area (Å²) in [7, 11) is 0. The fourth-order valence-corrected chi connectivity index (χ4v) is 4.42. The molecule has 1 aliphatic heterocycles. The maximum absolute atomic E-state index is 14.4. The molecule has 2 aromatic carbocycles. The van der Waals surface area contributed by atoms with Crippen LogP contribution in [0, 0.1) is 12.7 Å². The molecule has 2 heterocycles. The second kappa shape index (κ2) is 9.10. The van der Waals surface area contributed by atoms with Gasteiger partial charge < -0.3 is 9.84 Å². The van der Waals surface area contributed by atoms with Gasteiger partial charge in [-0.2, -0.15) is 0 Å². The molecule has 0 bridgehead atoms. The van der Waals surface area contributed by atoms with Crippen LogP contribution in [0.1, 0.15) is 52.9 Å². The van der Waals surface area contributed by atoms with E-state index in [2.05, 4.69) is 4.98 Å². The van der Waals surface area contributed by atoms with Gasteiger partial charge >= 0.3 is 0 Å². The van der Waals surface area contributed by atoms with E-state index in [9.17, 15) is 19.1 Å². The van der Waals surface area contributed by atoms with Crippen LogP contribution >= 0.6 is 11.6 Å². The Hall–Kier alpha value is -2.61. The first-order chi connectivity index (χ1) is 15.3. The third-order valence-corrected chi connectivity index (χ3v) is 6.53. The van der Waals surface area contributed by atoms with Crippen LogP contribution < -0.4 is 5.56 Å². The Labute approximate surface area is 189 Å². The molecule has 0 saturated carbocycles. The predicted molar refractivity (Wildman–Crippen MR) is 120 cm³/mol. The highest BCUT2D eigenvalue weighted by Gasteiger charge is 2.27. The summed E-state index contributed by atoms with van der Waals surface area (Å²) in [6.45, 7) is 4.14. The first kappa shape index (κ1) is 22.6. The molecule has 0 unspecified atom stereocenters. The summed E-state index contributed by atoms with van der Waals surface area (Å²) in [5.41, 5.74) is 2.36. The maximum atomic E-state index is 14.4. The number of hydrogen-bond acceptors (Lipinski definition) is 5. The number of benzene rings is 2. The molecule has 1 saturated heterocycles. The Morgan fingerprint density at radius 2 is 2.16 bits per heavy atom. The van der Waals surface area contributed by atoms with Crippen molar-refractivity contribution in [3.63, 3.8) is 0 Å². The average Bonchev–Trinajstić information content (AvgIpc) is 2.78. The highest BCUT2D eigenvalue weighted by Crippen LogP contribution is 2.30. The normalized spacial score (nSPS) is 18.8. The first-order valence-corrected chi connectivity index (χ1v) is 11.0. The lowest BCUT2D eigenvalue weighted by Crippen LogP contribution is -2.39. The number of aromatic nitrogens is 2. The smallest absolute Gasteiger partial charge is 0.261 e. The van der Waals surface area contributed by atoms with E-state index < -0.39 is 18.0 Å². The number of hydrogen-bond donors (Lipinski definition) is 1. The van der Waals surface area contributed by atoms with Crippen LogP contribution in [0.15, 0.2) is 35.4 Å². The van der Waals surface area contributed by atoms with E-state index in [4.69, 9.17) is 16.3 Å². The molecule has 0 radical (unpaired) electrons. The lowest BCUT2D eigenvalue weighted by Gasteiger charge is -2.29. The minimum atomic E-state index is -0.798. The van der Waals surface area contributed by atoms with E-state index >= 15 is 0 Å². The number of carbonyl (C=O) groups is 1. The second-order valence-corrected chi connectivity index (χ2v) is 8.47. The second-order valence-electron chi connectivity index (χ2n) is 8.09. The van der Waals surface area contributed by atoms with Gasteiger partial charge in [0.05, 0.1) is 46.6 Å². The number of Topliss-reactive ketones (excluding diaryl/α,β-unsaturated/α-hetero) is 1. The average molecular weight is 459 g/mol. The molecule has 3 aromatic rings. The van der Waals surface area contributed by atoms with Gasteiger partial charge in [0, 0.05) is 13.0 Å². The summed E-state index contributed by atoms with van der Waals surface area (Å²) in [6, 6.07) is 5.87. The summed E-state index contributed by atoms with van der Waals surface area (Å²) in [4.78, 5) is 29.5. The third kappa shape index (κ3) is 4.08. The number of fused-ring (bicyclic) bond motifs is 1. The number of rotatable bonds is 5. The molecule has 0 amide bonds. The van der Waals surface area contributed by atoms with Crippen LogP contribution in [0.3, 0.4) is 0 Å². The van der Waals surface area contributed by atoms with Crippen molar-refractivity contribution in [3.05, 3.63) is 74.0 Å². The number of ether oxygens (including phenoxy) is 1. The minimum Gasteiger partial charge on any atom is -0.389 e. The zero-order valence-electron chi connectivity index (χ0n) is 17.9. The van der Waals surface area contributed by atoms with Crippen molar-refractivity contribution in [3.8, 4) is 0 Å². The molecule has 1 aromatic heterocycles. The number of carbonyl (C=O) groups excluding carboxylic acids is 1. The first-order valence-electron chi connectivity index (χ1n) is 10.6. The summed E-state index contributed by atoms with van der Waals surface area (Å²) in [5.74, 6) is -0.808. The highest BCUT2D eigenvalue weighted by atomic mass is 35.5. The Kier molecular flexibility index (Phi) is 6.42. The topological polar surface area (TPSA) is 81.4 Å². The van der Waals surface area contributed by atoms with E-state index in [1.54, 1.807) is 19.1 Å². The van der Waals surface area contributed by atoms with Crippen LogP contribution in [0.5, 0.6) is 0 Å². The van der Waals surface area contributed by atoms with Crippen molar-refractivity contribution in [1.29, 1.82) is 0 Å². The standard InChI is InChI=1S/C24H24ClFN2O4/c1-3-20(29)16-5-4-14(9-18(16)26)8-15-10-17-23(22(25)13(15)2)27-12-28(24(17)31)19-6-7-32-11-21(19)30/h4-5,9-10,12,19,21,30H,3,6-8,11H2,1-2H3/t19-,21-/m0/s1. The van der Waals surface area contributed by atoms with Gasteiger partial charge in [-0.25, -0.2) is 9.37 Å².